The molecule has 0 aliphatic carbocycles. The summed E-state index contributed by atoms with van der Waals surface area (Å²) < 4.78 is 0. The average Bonchev–Trinajstić information content (AvgIpc) is 2.57. The predicted molar refractivity (Wildman–Crippen MR) is 44.4 cm³/mol. The molecule has 12 heavy (non-hydrogen) atoms. The van der Waals surface area contributed by atoms with Crippen LogP contribution in [0, 0.1) is 0 Å². The summed E-state index contributed by atoms with van der Waals surface area (Å²) in [6.45, 7) is 0.365. The molecule has 0 saturated heterocycles. The van der Waals surface area contributed by atoms with Gasteiger partial charge in [-0.15, -0.1) is 5.11 Å². The molecule has 0 bridgehead atoms. The molecule has 4 nitrogen and oxygen atoms in total. The maximum absolute atomic E-state index is 9.39. The molecule has 0 aromatic heterocycles. The zero-order valence-corrected chi connectivity index (χ0v) is 6.31. The molecule has 0 saturated carbocycles. The van der Waals surface area contributed by atoms with Crippen molar-refractivity contribution >= 4 is 5.84 Å². The number of hydrogen-bond donors (Lipinski definition) is 1. The predicted octanol–water partition coefficient (Wildman–Crippen LogP) is 1.56. The van der Waals surface area contributed by atoms with Gasteiger partial charge >= 0.3 is 0 Å². The largest absolute Gasteiger partial charge is 0.507 e. The number of aromatic hydroxyl groups is 1. The second-order valence-electron chi connectivity index (χ2n) is 2.38. The Morgan fingerprint density at radius 3 is 2.75 bits per heavy atom. The molecule has 4 heteroatoms. The lowest BCUT2D eigenvalue weighted by molar-refractivity contribution is 0.474. The van der Waals surface area contributed by atoms with E-state index in [2.05, 4.69) is 15.2 Å². The highest BCUT2D eigenvalue weighted by atomic mass is 16.3. The molecular formula is C8H7N3O. The summed E-state index contributed by atoms with van der Waals surface area (Å²) in [5.41, 5.74) is 0.638. The van der Waals surface area contributed by atoms with Crippen LogP contribution in [0.1, 0.15) is 5.56 Å². The normalized spacial score (nSPS) is 14.8. The van der Waals surface area contributed by atoms with Gasteiger partial charge in [0.15, 0.2) is 12.5 Å². The molecule has 0 radical (unpaired) electrons. The molecule has 1 N–H and O–H groups in total. The zero-order chi connectivity index (χ0) is 8.39. The van der Waals surface area contributed by atoms with Gasteiger partial charge in [-0.25, -0.2) is 4.99 Å². The Morgan fingerprint density at radius 1 is 1.25 bits per heavy atom. The highest BCUT2D eigenvalue weighted by molar-refractivity contribution is 6.01. The van der Waals surface area contributed by atoms with Crippen LogP contribution in [-0.2, 0) is 0 Å². The van der Waals surface area contributed by atoms with E-state index in [1.165, 1.54) is 0 Å². The topological polar surface area (TPSA) is 57.3 Å². The van der Waals surface area contributed by atoms with Gasteiger partial charge in [-0.3, -0.25) is 0 Å². The maximum atomic E-state index is 9.39. The van der Waals surface area contributed by atoms with Crippen molar-refractivity contribution in [2.24, 2.45) is 15.2 Å². The minimum absolute atomic E-state index is 0.192. The second kappa shape index (κ2) is 2.73. The van der Waals surface area contributed by atoms with Gasteiger partial charge in [0, 0.05) is 0 Å². The molecule has 0 amide bonds. The minimum atomic E-state index is 0.192. The van der Waals surface area contributed by atoms with Crippen LogP contribution in [0.5, 0.6) is 5.75 Å². The smallest absolute Gasteiger partial charge is 0.182 e. The van der Waals surface area contributed by atoms with E-state index in [-0.39, 0.29) is 5.75 Å². The highest BCUT2D eigenvalue weighted by Gasteiger charge is 2.09. The summed E-state index contributed by atoms with van der Waals surface area (Å²) in [5, 5.41) is 16.9. The van der Waals surface area contributed by atoms with Crippen molar-refractivity contribution in [3.8, 4) is 5.75 Å². The number of amidine groups is 1. The van der Waals surface area contributed by atoms with Gasteiger partial charge in [-0.1, -0.05) is 12.1 Å². The fourth-order valence-electron chi connectivity index (χ4n) is 1.03. The molecule has 2 rings (SSSR count). The summed E-state index contributed by atoms with van der Waals surface area (Å²) in [6, 6.07) is 6.95. The molecule has 0 spiro atoms. The van der Waals surface area contributed by atoms with E-state index in [0.29, 0.717) is 18.1 Å². The zero-order valence-electron chi connectivity index (χ0n) is 6.31. The van der Waals surface area contributed by atoms with Crippen LogP contribution in [0.15, 0.2) is 39.5 Å². The molecule has 60 valence electrons. The van der Waals surface area contributed by atoms with Gasteiger partial charge in [0.05, 0.1) is 5.56 Å². The summed E-state index contributed by atoms with van der Waals surface area (Å²) in [6.07, 6.45) is 0. The molecule has 0 atom stereocenters. The molecule has 0 fully saturated rings. The van der Waals surface area contributed by atoms with Crippen LogP contribution in [0.2, 0.25) is 0 Å². The third kappa shape index (κ3) is 1.07. The van der Waals surface area contributed by atoms with Crippen molar-refractivity contribution in [2.45, 2.75) is 0 Å². The quantitative estimate of drug-likeness (QED) is 0.667. The molecule has 1 aliphatic rings. The maximum Gasteiger partial charge on any atom is 0.182 e. The fraction of sp³-hybridized carbons (Fsp3) is 0.125. The van der Waals surface area contributed by atoms with E-state index in [9.17, 15) is 5.11 Å². The van der Waals surface area contributed by atoms with Crippen molar-refractivity contribution in [3.63, 3.8) is 0 Å². The number of aliphatic imine (C=N–C) groups is 1. The number of azo groups is 1. The van der Waals surface area contributed by atoms with Gasteiger partial charge in [0.2, 0.25) is 0 Å². The number of benzene rings is 1. The molecule has 1 aromatic carbocycles. The Labute approximate surface area is 69.3 Å². The van der Waals surface area contributed by atoms with Crippen molar-refractivity contribution in [1.29, 1.82) is 0 Å². The van der Waals surface area contributed by atoms with Crippen LogP contribution < -0.4 is 0 Å². The molecule has 1 heterocycles. The van der Waals surface area contributed by atoms with Crippen LogP contribution in [0.25, 0.3) is 0 Å². The van der Waals surface area contributed by atoms with Crippen molar-refractivity contribution < 1.29 is 5.11 Å². The lowest BCUT2D eigenvalue weighted by atomic mass is 10.2. The van der Waals surface area contributed by atoms with Gasteiger partial charge in [0.25, 0.3) is 0 Å². The monoisotopic (exact) mass is 161 g/mol. The van der Waals surface area contributed by atoms with Crippen LogP contribution >= 0.6 is 0 Å². The number of phenols is 1. The Bertz CT molecular complexity index is 357. The van der Waals surface area contributed by atoms with E-state index in [4.69, 9.17) is 0 Å². The van der Waals surface area contributed by atoms with Crippen molar-refractivity contribution in [3.05, 3.63) is 29.8 Å². The first-order valence-electron chi connectivity index (χ1n) is 3.58. The van der Waals surface area contributed by atoms with Crippen molar-refractivity contribution in [2.75, 3.05) is 6.67 Å². The first-order valence-corrected chi connectivity index (χ1v) is 3.58. The van der Waals surface area contributed by atoms with E-state index in [0.717, 1.165) is 0 Å². The summed E-state index contributed by atoms with van der Waals surface area (Å²) in [5.74, 6) is 0.699. The standard InChI is InChI=1S/C8H7N3O/c12-7-4-2-1-3-6(7)8-9-5-10-11-8/h1-4,12H,5H2. The second-order valence-corrected chi connectivity index (χ2v) is 2.38. The Morgan fingerprint density at radius 2 is 2.08 bits per heavy atom. The van der Waals surface area contributed by atoms with Crippen LogP contribution in [0.3, 0.4) is 0 Å². The van der Waals surface area contributed by atoms with Gasteiger partial charge < -0.3 is 5.11 Å². The third-order valence-electron chi connectivity index (χ3n) is 1.59. The SMILES string of the molecule is Oc1ccccc1C1=NCN=N1. The highest BCUT2D eigenvalue weighted by Crippen LogP contribution is 2.18. The number of rotatable bonds is 1. The number of hydrogen-bond acceptors (Lipinski definition) is 4. The van der Waals surface area contributed by atoms with Gasteiger partial charge in [-0.05, 0) is 12.1 Å². The molecule has 0 unspecified atom stereocenters. The first-order chi connectivity index (χ1) is 5.88. The van der Waals surface area contributed by atoms with E-state index in [1.807, 2.05) is 6.07 Å². The van der Waals surface area contributed by atoms with Crippen LogP contribution in [-0.4, -0.2) is 17.6 Å². The number of para-hydroxylation sites is 1. The molecule has 1 aliphatic heterocycles. The van der Waals surface area contributed by atoms with Crippen LogP contribution in [0.4, 0.5) is 0 Å². The Hall–Kier alpha value is -1.71. The third-order valence-corrected chi connectivity index (χ3v) is 1.59. The number of phenolic OH excluding ortho intramolecular Hbond substituents is 1. The fourth-order valence-corrected chi connectivity index (χ4v) is 1.03. The lowest BCUT2D eigenvalue weighted by Gasteiger charge is -1.98. The Balaban J connectivity index is 2.46. The van der Waals surface area contributed by atoms with E-state index >= 15 is 0 Å². The van der Waals surface area contributed by atoms with E-state index < -0.39 is 0 Å². The first kappa shape index (κ1) is 6.97. The van der Waals surface area contributed by atoms with Gasteiger partial charge in [0.1, 0.15) is 5.75 Å². The van der Waals surface area contributed by atoms with Gasteiger partial charge in [-0.2, -0.15) is 5.11 Å². The summed E-state index contributed by atoms with van der Waals surface area (Å²) in [4.78, 5) is 3.99. The summed E-state index contributed by atoms with van der Waals surface area (Å²) in [7, 11) is 0. The lowest BCUT2D eigenvalue weighted by Crippen LogP contribution is -1.93. The van der Waals surface area contributed by atoms with E-state index in [1.54, 1.807) is 18.2 Å². The Kier molecular flexibility index (Phi) is 1.59. The molecule has 1 aromatic rings. The molecular weight excluding hydrogens is 154 g/mol. The average molecular weight is 161 g/mol. The van der Waals surface area contributed by atoms with Crippen molar-refractivity contribution in [1.82, 2.24) is 0 Å². The minimum Gasteiger partial charge on any atom is -0.507 e. The summed E-state index contributed by atoms with van der Waals surface area (Å²) >= 11 is 0. The number of nitrogens with zero attached hydrogens (tertiary/aromatic N) is 3.